The van der Waals surface area contributed by atoms with E-state index in [-0.39, 0.29) is 5.97 Å². The Hall–Kier alpha value is -0.220. The van der Waals surface area contributed by atoms with E-state index >= 15 is 0 Å². The highest BCUT2D eigenvalue weighted by molar-refractivity contribution is 7.98. The Bertz CT molecular complexity index is 108. The molecule has 3 nitrogen and oxygen atoms in total. The summed E-state index contributed by atoms with van der Waals surface area (Å²) in [5, 5.41) is 0. The van der Waals surface area contributed by atoms with E-state index in [1.807, 2.05) is 6.26 Å². The van der Waals surface area contributed by atoms with Gasteiger partial charge in [0.2, 0.25) is 0 Å². The molecule has 0 aliphatic heterocycles. The lowest BCUT2D eigenvalue weighted by molar-refractivity contribution is -0.144. The maximum Gasteiger partial charge on any atom is 0.323 e. The number of rotatable bonds is 4. The Kier molecular flexibility index (Phi) is 5.43. The van der Waals surface area contributed by atoms with Crippen LogP contribution < -0.4 is 5.73 Å². The molecule has 0 aromatic carbocycles. The van der Waals surface area contributed by atoms with Gasteiger partial charge in [0.1, 0.15) is 6.04 Å². The van der Waals surface area contributed by atoms with Crippen LogP contribution in [0, 0.1) is 0 Å². The number of hydrogen-bond donors (Lipinski definition) is 1. The summed E-state index contributed by atoms with van der Waals surface area (Å²) in [7, 11) is 0. The quantitative estimate of drug-likeness (QED) is 0.603. The van der Waals surface area contributed by atoms with E-state index in [2.05, 4.69) is 4.74 Å². The lowest BCUT2D eigenvalue weighted by Crippen LogP contribution is -2.34. The smallest absolute Gasteiger partial charge is 0.323 e. The van der Waals surface area contributed by atoms with Crippen molar-refractivity contribution in [2.45, 2.75) is 13.0 Å². The molecule has 60 valence electrons. The SMILES string of the molecule is CCOC(=O)[C@H](N)CSC. The van der Waals surface area contributed by atoms with Crippen LogP contribution in [0.2, 0.25) is 0 Å². The molecule has 2 N–H and O–H groups in total. The number of esters is 1. The number of carbonyl (C=O) groups excluding carboxylic acids is 1. The van der Waals surface area contributed by atoms with Crippen LogP contribution in [0.5, 0.6) is 0 Å². The Morgan fingerprint density at radius 2 is 2.40 bits per heavy atom. The maximum absolute atomic E-state index is 10.8. The Labute approximate surface area is 65.3 Å². The van der Waals surface area contributed by atoms with Crippen molar-refractivity contribution in [2.75, 3.05) is 18.6 Å². The molecule has 0 unspecified atom stereocenters. The van der Waals surface area contributed by atoms with Gasteiger partial charge in [-0.15, -0.1) is 0 Å². The minimum atomic E-state index is -0.463. The summed E-state index contributed by atoms with van der Waals surface area (Å²) < 4.78 is 4.68. The molecule has 0 aliphatic rings. The highest BCUT2D eigenvalue weighted by Gasteiger charge is 2.12. The first-order valence-corrected chi connectivity index (χ1v) is 4.53. The molecule has 0 aromatic rings. The molecule has 0 heterocycles. The molecule has 0 radical (unpaired) electrons. The maximum atomic E-state index is 10.8. The summed E-state index contributed by atoms with van der Waals surface area (Å²) in [4.78, 5) is 10.8. The molecule has 0 aromatic heterocycles. The van der Waals surface area contributed by atoms with Crippen LogP contribution in [0.4, 0.5) is 0 Å². The van der Waals surface area contributed by atoms with Crippen LogP contribution in [0.3, 0.4) is 0 Å². The number of carbonyl (C=O) groups is 1. The van der Waals surface area contributed by atoms with Gasteiger partial charge in [0.25, 0.3) is 0 Å². The van der Waals surface area contributed by atoms with Gasteiger partial charge in [0.05, 0.1) is 6.61 Å². The third-order valence-corrected chi connectivity index (χ3v) is 1.63. The van der Waals surface area contributed by atoms with E-state index < -0.39 is 6.04 Å². The zero-order valence-corrected chi connectivity index (χ0v) is 7.11. The standard InChI is InChI=1S/C6H13NO2S/c1-3-9-6(8)5(7)4-10-2/h5H,3-4,7H2,1-2H3/t5-/m1/s1. The van der Waals surface area contributed by atoms with E-state index in [1.165, 1.54) is 11.8 Å². The predicted octanol–water partition coefficient (Wildman–Crippen LogP) is 0.240. The van der Waals surface area contributed by atoms with Gasteiger partial charge in [-0.05, 0) is 13.2 Å². The molecule has 0 aliphatic carbocycles. The fraction of sp³-hybridized carbons (Fsp3) is 0.833. The molecule has 0 fully saturated rings. The molecule has 10 heavy (non-hydrogen) atoms. The zero-order valence-electron chi connectivity index (χ0n) is 6.29. The van der Waals surface area contributed by atoms with Crippen LogP contribution >= 0.6 is 11.8 Å². The van der Waals surface area contributed by atoms with Crippen LogP contribution in [-0.4, -0.2) is 30.6 Å². The lowest BCUT2D eigenvalue weighted by Gasteiger charge is -2.07. The van der Waals surface area contributed by atoms with Crippen LogP contribution in [0.1, 0.15) is 6.92 Å². The Balaban J connectivity index is 3.49. The van der Waals surface area contributed by atoms with Gasteiger partial charge >= 0.3 is 5.97 Å². The fourth-order valence-electron chi connectivity index (χ4n) is 0.497. The number of thioether (sulfide) groups is 1. The van der Waals surface area contributed by atoms with Crippen LogP contribution in [0.25, 0.3) is 0 Å². The van der Waals surface area contributed by atoms with Gasteiger partial charge in [-0.2, -0.15) is 11.8 Å². The van der Waals surface area contributed by atoms with Gasteiger partial charge in [0, 0.05) is 5.75 Å². The van der Waals surface area contributed by atoms with Crippen LogP contribution in [-0.2, 0) is 9.53 Å². The monoisotopic (exact) mass is 163 g/mol. The topological polar surface area (TPSA) is 52.3 Å². The molecule has 0 amide bonds. The molecule has 0 bridgehead atoms. The summed E-state index contributed by atoms with van der Waals surface area (Å²) >= 11 is 1.54. The minimum Gasteiger partial charge on any atom is -0.465 e. The third kappa shape index (κ3) is 3.74. The normalized spacial score (nSPS) is 12.7. The summed E-state index contributed by atoms with van der Waals surface area (Å²) in [5.74, 6) is 0.315. The van der Waals surface area contributed by atoms with Crippen molar-refractivity contribution in [1.29, 1.82) is 0 Å². The van der Waals surface area contributed by atoms with Crippen molar-refractivity contribution >= 4 is 17.7 Å². The van der Waals surface area contributed by atoms with E-state index in [9.17, 15) is 4.79 Å². The van der Waals surface area contributed by atoms with Crippen LogP contribution in [0.15, 0.2) is 0 Å². The average Bonchev–Trinajstić information content (AvgIpc) is 1.89. The summed E-state index contributed by atoms with van der Waals surface area (Å²) in [5.41, 5.74) is 5.42. The lowest BCUT2D eigenvalue weighted by atomic mass is 10.4. The van der Waals surface area contributed by atoms with Gasteiger partial charge in [0.15, 0.2) is 0 Å². The minimum absolute atomic E-state index is 0.308. The van der Waals surface area contributed by atoms with Gasteiger partial charge < -0.3 is 10.5 Å². The first kappa shape index (κ1) is 9.78. The van der Waals surface area contributed by atoms with Crippen molar-refractivity contribution in [3.8, 4) is 0 Å². The van der Waals surface area contributed by atoms with E-state index in [1.54, 1.807) is 6.92 Å². The summed E-state index contributed by atoms with van der Waals surface area (Å²) in [6, 6.07) is -0.463. The zero-order chi connectivity index (χ0) is 7.98. The second-order valence-electron chi connectivity index (χ2n) is 1.81. The van der Waals surface area contributed by atoms with Crippen molar-refractivity contribution in [3.05, 3.63) is 0 Å². The summed E-state index contributed by atoms with van der Waals surface area (Å²) in [6.45, 7) is 2.17. The molecule has 0 spiro atoms. The number of hydrogen-bond acceptors (Lipinski definition) is 4. The second-order valence-corrected chi connectivity index (χ2v) is 2.72. The fourth-order valence-corrected chi connectivity index (χ4v) is 0.992. The molecule has 0 rings (SSSR count). The molecular weight excluding hydrogens is 150 g/mol. The van der Waals surface area contributed by atoms with Crippen molar-refractivity contribution < 1.29 is 9.53 Å². The van der Waals surface area contributed by atoms with E-state index in [0.717, 1.165) is 0 Å². The second kappa shape index (κ2) is 5.56. The van der Waals surface area contributed by atoms with E-state index in [4.69, 9.17) is 5.73 Å². The molecule has 1 atom stereocenters. The van der Waals surface area contributed by atoms with Crippen molar-refractivity contribution in [3.63, 3.8) is 0 Å². The molecule has 4 heteroatoms. The first-order valence-electron chi connectivity index (χ1n) is 3.13. The molecular formula is C6H13NO2S. The van der Waals surface area contributed by atoms with Gasteiger partial charge in [-0.25, -0.2) is 0 Å². The highest BCUT2D eigenvalue weighted by atomic mass is 32.2. The summed E-state index contributed by atoms with van der Waals surface area (Å²) in [6.07, 6.45) is 1.90. The average molecular weight is 163 g/mol. The largest absolute Gasteiger partial charge is 0.465 e. The van der Waals surface area contributed by atoms with E-state index in [0.29, 0.717) is 12.4 Å². The number of nitrogens with two attached hydrogens (primary N) is 1. The van der Waals surface area contributed by atoms with Crippen molar-refractivity contribution in [1.82, 2.24) is 0 Å². The van der Waals surface area contributed by atoms with Gasteiger partial charge in [-0.3, -0.25) is 4.79 Å². The number of ether oxygens (including phenoxy) is 1. The van der Waals surface area contributed by atoms with Crippen molar-refractivity contribution in [2.24, 2.45) is 5.73 Å². The first-order chi connectivity index (χ1) is 4.72. The van der Waals surface area contributed by atoms with Gasteiger partial charge in [-0.1, -0.05) is 0 Å². The third-order valence-electron chi connectivity index (χ3n) is 0.936. The molecule has 0 saturated heterocycles. The highest BCUT2D eigenvalue weighted by Crippen LogP contribution is 1.96. The predicted molar refractivity (Wildman–Crippen MR) is 43.0 cm³/mol. The molecule has 0 saturated carbocycles. The Morgan fingerprint density at radius 3 is 2.80 bits per heavy atom. The Morgan fingerprint density at radius 1 is 1.80 bits per heavy atom.